The predicted molar refractivity (Wildman–Crippen MR) is 121 cm³/mol. The molecule has 0 unspecified atom stereocenters. The van der Waals surface area contributed by atoms with Crippen LogP contribution in [0.4, 0.5) is 4.79 Å². The van der Waals surface area contributed by atoms with Crippen LogP contribution in [-0.4, -0.2) is 77.4 Å². The third-order valence-electron chi connectivity index (χ3n) is 6.86. The standard InChI is InChI=1S/C24H32N4O4/c1-4-26(5-2)24(31)27-11-8-16(9-12-27)22(29)28-13-10-21-19(15-28)18-14-17(23(30)32-3)6-7-20(18)25-21/h6-7,14,16,25H,4-5,8-13,15H2,1-3H3. The highest BCUT2D eigenvalue weighted by Crippen LogP contribution is 2.30. The molecule has 1 N–H and O–H groups in total. The molecule has 172 valence electrons. The Kier molecular flexibility index (Phi) is 6.39. The average Bonchev–Trinajstić information content (AvgIpc) is 3.21. The van der Waals surface area contributed by atoms with Gasteiger partial charge in [0.1, 0.15) is 0 Å². The molecule has 2 aliphatic rings. The molecule has 32 heavy (non-hydrogen) atoms. The van der Waals surface area contributed by atoms with E-state index in [-0.39, 0.29) is 23.8 Å². The van der Waals surface area contributed by atoms with Gasteiger partial charge < -0.3 is 24.4 Å². The summed E-state index contributed by atoms with van der Waals surface area (Å²) in [7, 11) is 1.38. The van der Waals surface area contributed by atoms with E-state index in [0.29, 0.717) is 57.7 Å². The number of rotatable bonds is 4. The van der Waals surface area contributed by atoms with Crippen molar-refractivity contribution in [2.24, 2.45) is 5.92 Å². The topological polar surface area (TPSA) is 86.0 Å². The molecule has 8 nitrogen and oxygen atoms in total. The lowest BCUT2D eigenvalue weighted by Crippen LogP contribution is -2.49. The number of fused-ring (bicyclic) bond motifs is 3. The Morgan fingerprint density at radius 3 is 2.47 bits per heavy atom. The van der Waals surface area contributed by atoms with Gasteiger partial charge >= 0.3 is 12.0 Å². The smallest absolute Gasteiger partial charge is 0.337 e. The molecule has 8 heteroatoms. The summed E-state index contributed by atoms with van der Waals surface area (Å²) < 4.78 is 4.85. The van der Waals surface area contributed by atoms with E-state index in [4.69, 9.17) is 4.74 Å². The number of hydrogen-bond acceptors (Lipinski definition) is 4. The summed E-state index contributed by atoms with van der Waals surface area (Å²) in [6, 6.07) is 5.58. The van der Waals surface area contributed by atoms with Crippen LogP contribution in [0.5, 0.6) is 0 Å². The second kappa shape index (κ2) is 9.22. The Labute approximate surface area is 188 Å². The van der Waals surface area contributed by atoms with Crippen molar-refractivity contribution in [2.75, 3.05) is 39.8 Å². The van der Waals surface area contributed by atoms with Gasteiger partial charge in [0.15, 0.2) is 0 Å². The van der Waals surface area contributed by atoms with Gasteiger partial charge in [-0.3, -0.25) is 4.79 Å². The van der Waals surface area contributed by atoms with Gasteiger partial charge in [-0.25, -0.2) is 9.59 Å². The monoisotopic (exact) mass is 440 g/mol. The van der Waals surface area contributed by atoms with Crippen LogP contribution in [0, 0.1) is 5.92 Å². The molecule has 1 aromatic carbocycles. The fraction of sp³-hybridized carbons (Fsp3) is 0.542. The summed E-state index contributed by atoms with van der Waals surface area (Å²) in [6.45, 7) is 7.85. The van der Waals surface area contributed by atoms with E-state index in [0.717, 1.165) is 28.6 Å². The van der Waals surface area contributed by atoms with Crippen molar-refractivity contribution in [3.05, 3.63) is 35.0 Å². The molecular formula is C24H32N4O4. The molecule has 0 aliphatic carbocycles. The number of nitrogens with zero attached hydrogens (tertiary/aromatic N) is 3. The minimum atomic E-state index is -0.364. The highest BCUT2D eigenvalue weighted by molar-refractivity contribution is 5.96. The number of hydrogen-bond donors (Lipinski definition) is 1. The number of likely N-dealkylation sites (tertiary alicyclic amines) is 1. The van der Waals surface area contributed by atoms with Crippen molar-refractivity contribution in [1.29, 1.82) is 0 Å². The van der Waals surface area contributed by atoms with Crippen molar-refractivity contribution in [2.45, 2.75) is 39.7 Å². The van der Waals surface area contributed by atoms with Crippen LogP contribution in [0.1, 0.15) is 48.3 Å². The van der Waals surface area contributed by atoms with Crippen LogP contribution in [0.3, 0.4) is 0 Å². The number of amides is 3. The van der Waals surface area contributed by atoms with Crippen molar-refractivity contribution < 1.29 is 19.1 Å². The lowest BCUT2D eigenvalue weighted by molar-refractivity contribution is -0.137. The molecule has 2 aliphatic heterocycles. The zero-order chi connectivity index (χ0) is 22.8. The first-order chi connectivity index (χ1) is 15.5. The molecule has 0 atom stereocenters. The Morgan fingerprint density at radius 1 is 1.09 bits per heavy atom. The van der Waals surface area contributed by atoms with E-state index in [1.54, 1.807) is 6.07 Å². The number of urea groups is 1. The Balaban J connectivity index is 1.44. The number of ether oxygens (including phenoxy) is 1. The summed E-state index contributed by atoms with van der Waals surface area (Å²) in [5.41, 5.74) is 3.70. The van der Waals surface area contributed by atoms with Gasteiger partial charge in [0.05, 0.1) is 12.7 Å². The zero-order valence-electron chi connectivity index (χ0n) is 19.1. The zero-order valence-corrected chi connectivity index (χ0v) is 19.1. The third-order valence-corrected chi connectivity index (χ3v) is 6.86. The van der Waals surface area contributed by atoms with E-state index < -0.39 is 0 Å². The number of aromatic amines is 1. The number of benzene rings is 1. The van der Waals surface area contributed by atoms with Crippen molar-refractivity contribution in [1.82, 2.24) is 19.7 Å². The van der Waals surface area contributed by atoms with Gasteiger partial charge in [0.2, 0.25) is 5.91 Å². The fourth-order valence-electron chi connectivity index (χ4n) is 4.92. The fourth-order valence-corrected chi connectivity index (χ4v) is 4.92. The van der Waals surface area contributed by atoms with E-state index in [9.17, 15) is 14.4 Å². The van der Waals surface area contributed by atoms with E-state index in [2.05, 4.69) is 4.98 Å². The lowest BCUT2D eigenvalue weighted by Gasteiger charge is -2.37. The predicted octanol–water partition coefficient (Wildman–Crippen LogP) is 3.01. The Morgan fingerprint density at radius 2 is 1.81 bits per heavy atom. The molecular weight excluding hydrogens is 408 g/mol. The largest absolute Gasteiger partial charge is 0.465 e. The van der Waals surface area contributed by atoms with Gasteiger partial charge in [-0.1, -0.05) is 0 Å². The van der Waals surface area contributed by atoms with Crippen molar-refractivity contribution >= 4 is 28.8 Å². The maximum Gasteiger partial charge on any atom is 0.337 e. The van der Waals surface area contributed by atoms with Gasteiger partial charge in [0, 0.05) is 73.8 Å². The molecule has 2 aromatic rings. The number of esters is 1. The first-order valence-electron chi connectivity index (χ1n) is 11.5. The first kappa shape index (κ1) is 22.2. The van der Waals surface area contributed by atoms with Crippen LogP contribution in [-0.2, 0) is 22.5 Å². The van der Waals surface area contributed by atoms with E-state index in [1.807, 2.05) is 40.7 Å². The summed E-state index contributed by atoms with van der Waals surface area (Å²) >= 11 is 0. The van der Waals surface area contributed by atoms with Crippen LogP contribution in [0.2, 0.25) is 0 Å². The minimum Gasteiger partial charge on any atom is -0.465 e. The van der Waals surface area contributed by atoms with Crippen LogP contribution >= 0.6 is 0 Å². The molecule has 0 bridgehead atoms. The quantitative estimate of drug-likeness (QED) is 0.741. The van der Waals surface area contributed by atoms with E-state index >= 15 is 0 Å². The Bertz CT molecular complexity index is 1020. The van der Waals surface area contributed by atoms with Crippen LogP contribution < -0.4 is 0 Å². The summed E-state index contributed by atoms with van der Waals surface area (Å²) in [5, 5.41) is 0.972. The lowest BCUT2D eigenvalue weighted by atomic mass is 9.94. The minimum absolute atomic E-state index is 0.0480. The third kappa shape index (κ3) is 4.06. The maximum atomic E-state index is 13.3. The van der Waals surface area contributed by atoms with Gasteiger partial charge in [0.25, 0.3) is 0 Å². The number of methoxy groups -OCH3 is 1. The number of carbonyl (C=O) groups is 3. The molecule has 0 spiro atoms. The number of aromatic nitrogens is 1. The van der Waals surface area contributed by atoms with Crippen LogP contribution in [0.25, 0.3) is 10.9 Å². The number of carbonyl (C=O) groups excluding carboxylic acids is 3. The van der Waals surface area contributed by atoms with Crippen molar-refractivity contribution in [3.8, 4) is 0 Å². The Hall–Kier alpha value is -3.03. The molecule has 0 radical (unpaired) electrons. The van der Waals surface area contributed by atoms with Gasteiger partial charge in [-0.15, -0.1) is 0 Å². The molecule has 0 saturated carbocycles. The molecule has 1 saturated heterocycles. The molecule has 4 rings (SSSR count). The summed E-state index contributed by atoms with van der Waals surface area (Å²) in [6.07, 6.45) is 2.17. The second-order valence-corrected chi connectivity index (χ2v) is 8.56. The number of nitrogens with one attached hydrogen (secondary N) is 1. The molecule has 3 heterocycles. The highest BCUT2D eigenvalue weighted by Gasteiger charge is 2.33. The van der Waals surface area contributed by atoms with Gasteiger partial charge in [-0.2, -0.15) is 0 Å². The number of H-pyrrole nitrogens is 1. The SMILES string of the molecule is CCN(CC)C(=O)N1CCC(C(=O)N2CCc3[nH]c4ccc(C(=O)OC)cc4c3C2)CC1. The molecule has 1 aromatic heterocycles. The average molecular weight is 441 g/mol. The van der Waals surface area contributed by atoms with E-state index in [1.165, 1.54) is 7.11 Å². The summed E-state index contributed by atoms with van der Waals surface area (Å²) in [5.74, 6) is -0.242. The van der Waals surface area contributed by atoms with Crippen LogP contribution in [0.15, 0.2) is 18.2 Å². The van der Waals surface area contributed by atoms with Gasteiger partial charge in [-0.05, 0) is 44.9 Å². The number of piperidine rings is 1. The summed E-state index contributed by atoms with van der Waals surface area (Å²) in [4.78, 5) is 46.9. The van der Waals surface area contributed by atoms with Crippen molar-refractivity contribution in [3.63, 3.8) is 0 Å². The maximum absolute atomic E-state index is 13.3. The molecule has 1 fully saturated rings. The normalized spacial score (nSPS) is 16.7. The molecule has 3 amide bonds. The first-order valence-corrected chi connectivity index (χ1v) is 11.5. The highest BCUT2D eigenvalue weighted by atomic mass is 16.5. The second-order valence-electron chi connectivity index (χ2n) is 8.56.